The molecule has 2 amide bonds. The summed E-state index contributed by atoms with van der Waals surface area (Å²) in [6.07, 6.45) is 0.302. The number of nitrogens with zero attached hydrogens (tertiary/aromatic N) is 1. The van der Waals surface area contributed by atoms with E-state index in [1.165, 1.54) is 10.5 Å². The number of rotatable bonds is 6. The Morgan fingerprint density at radius 2 is 1.75 bits per heavy atom. The van der Waals surface area contributed by atoms with Crippen LogP contribution in [0.5, 0.6) is 0 Å². The average molecular weight is 344 g/mol. The van der Waals surface area contributed by atoms with Crippen LogP contribution < -0.4 is 4.90 Å². The van der Waals surface area contributed by atoms with Gasteiger partial charge >= 0.3 is 0 Å². The van der Waals surface area contributed by atoms with E-state index in [-0.39, 0.29) is 22.5 Å². The first-order chi connectivity index (χ1) is 11.2. The molecule has 1 radical (unpaired) electrons. The predicted octanol–water partition coefficient (Wildman–Crippen LogP) is 4.30. The molecule has 5 heteroatoms. The SMILES string of the molecule is C[B]C(C)C(C)(C)c1ccc(N2C(=O)CC(SC(C)C)C2=O)cc1. The smallest absolute Gasteiger partial charge is 0.247 e. The number of benzene rings is 1. The Morgan fingerprint density at radius 1 is 1.17 bits per heavy atom. The zero-order valence-electron chi connectivity index (χ0n) is 15.5. The number of anilines is 1. The van der Waals surface area contributed by atoms with E-state index >= 15 is 0 Å². The molecular weight excluding hydrogens is 317 g/mol. The van der Waals surface area contributed by atoms with Gasteiger partial charge in [0, 0.05) is 6.42 Å². The molecule has 1 aromatic carbocycles. The molecule has 24 heavy (non-hydrogen) atoms. The molecule has 2 rings (SSSR count). The van der Waals surface area contributed by atoms with Crippen LogP contribution in [-0.4, -0.2) is 29.6 Å². The molecule has 1 aromatic rings. The van der Waals surface area contributed by atoms with Crippen molar-refractivity contribution in [3.05, 3.63) is 29.8 Å². The van der Waals surface area contributed by atoms with E-state index in [1.54, 1.807) is 11.8 Å². The number of carbonyl (C=O) groups excluding carboxylic acids is 2. The molecule has 0 N–H and O–H groups in total. The van der Waals surface area contributed by atoms with Gasteiger partial charge in [-0.25, -0.2) is 4.90 Å². The fourth-order valence-corrected chi connectivity index (χ4v) is 4.15. The van der Waals surface area contributed by atoms with Crippen LogP contribution >= 0.6 is 11.8 Å². The van der Waals surface area contributed by atoms with Gasteiger partial charge in [-0.3, -0.25) is 9.59 Å². The maximum absolute atomic E-state index is 12.6. The van der Waals surface area contributed by atoms with Crippen LogP contribution in [-0.2, 0) is 15.0 Å². The third-order valence-corrected chi connectivity index (χ3v) is 6.29. The van der Waals surface area contributed by atoms with E-state index in [0.29, 0.717) is 23.2 Å². The molecule has 0 spiro atoms. The maximum atomic E-state index is 12.6. The molecule has 2 atom stereocenters. The molecule has 0 aliphatic carbocycles. The minimum atomic E-state index is -0.247. The number of amides is 2. The Kier molecular flexibility index (Phi) is 5.85. The van der Waals surface area contributed by atoms with Gasteiger partial charge in [0.25, 0.3) is 0 Å². The van der Waals surface area contributed by atoms with E-state index < -0.39 is 0 Å². The highest BCUT2D eigenvalue weighted by Crippen LogP contribution is 2.37. The van der Waals surface area contributed by atoms with Gasteiger partial charge in [-0.05, 0) is 28.4 Å². The zero-order valence-corrected chi connectivity index (χ0v) is 16.3. The van der Waals surface area contributed by atoms with Crippen LogP contribution in [0.1, 0.15) is 46.6 Å². The third-order valence-electron chi connectivity index (χ3n) is 5.05. The standard InChI is InChI=1S/C19H27BNO2S/c1-12(2)24-16-11-17(22)21(18(16)23)15-9-7-14(8-10-15)19(4,5)13(3)20-6/h7-10,12-13,16H,11H2,1-6H3. The van der Waals surface area contributed by atoms with E-state index in [2.05, 4.69) is 34.9 Å². The van der Waals surface area contributed by atoms with Gasteiger partial charge in [-0.15, -0.1) is 11.8 Å². The van der Waals surface area contributed by atoms with Crippen molar-refractivity contribution in [2.45, 2.75) is 69.6 Å². The van der Waals surface area contributed by atoms with Crippen LogP contribution in [0.15, 0.2) is 24.3 Å². The van der Waals surface area contributed by atoms with Gasteiger partial charge in [0.2, 0.25) is 11.8 Å². The lowest BCUT2D eigenvalue weighted by Crippen LogP contribution is -2.31. The van der Waals surface area contributed by atoms with E-state index in [1.807, 2.05) is 38.1 Å². The largest absolute Gasteiger partial charge is 0.274 e. The fourth-order valence-electron chi connectivity index (χ4n) is 3.03. The lowest BCUT2D eigenvalue weighted by atomic mass is 9.55. The van der Waals surface area contributed by atoms with Crippen molar-refractivity contribution in [1.29, 1.82) is 0 Å². The van der Waals surface area contributed by atoms with E-state index in [4.69, 9.17) is 0 Å². The average Bonchev–Trinajstić information content (AvgIpc) is 2.80. The molecule has 1 aliphatic rings. The summed E-state index contributed by atoms with van der Waals surface area (Å²) in [5, 5.41) is 0.0880. The molecule has 1 heterocycles. The van der Waals surface area contributed by atoms with Crippen LogP contribution in [0, 0.1) is 0 Å². The first-order valence-electron chi connectivity index (χ1n) is 8.60. The molecule has 1 fully saturated rings. The number of carbonyl (C=O) groups is 2. The van der Waals surface area contributed by atoms with Crippen molar-refractivity contribution in [2.24, 2.45) is 0 Å². The Morgan fingerprint density at radius 3 is 2.25 bits per heavy atom. The Bertz CT molecular complexity index is 612. The zero-order chi connectivity index (χ0) is 18.1. The van der Waals surface area contributed by atoms with Crippen molar-refractivity contribution in [1.82, 2.24) is 0 Å². The molecule has 3 nitrogen and oxygen atoms in total. The van der Waals surface area contributed by atoms with E-state index in [0.717, 1.165) is 0 Å². The molecular formula is C19H27BNO2S. The fraction of sp³-hybridized carbons (Fsp3) is 0.579. The number of imide groups is 1. The molecule has 0 bridgehead atoms. The monoisotopic (exact) mass is 344 g/mol. The maximum Gasteiger partial charge on any atom is 0.247 e. The highest BCUT2D eigenvalue weighted by Gasteiger charge is 2.40. The Labute approximate surface area is 150 Å². The Balaban J connectivity index is 2.22. The minimum Gasteiger partial charge on any atom is -0.274 e. The summed E-state index contributed by atoms with van der Waals surface area (Å²) in [6, 6.07) is 7.88. The van der Waals surface area contributed by atoms with Crippen molar-refractivity contribution >= 4 is 36.5 Å². The molecule has 0 aromatic heterocycles. The van der Waals surface area contributed by atoms with Gasteiger partial charge in [-0.1, -0.05) is 59.4 Å². The number of hydrogen-bond acceptors (Lipinski definition) is 3. The predicted molar refractivity (Wildman–Crippen MR) is 104 cm³/mol. The molecule has 2 unspecified atom stereocenters. The topological polar surface area (TPSA) is 37.4 Å². The van der Waals surface area contributed by atoms with Crippen LogP contribution in [0.2, 0.25) is 12.6 Å². The third kappa shape index (κ3) is 3.71. The summed E-state index contributed by atoms with van der Waals surface area (Å²) in [7, 11) is 2.20. The first kappa shape index (κ1) is 19.1. The second-order valence-corrected chi connectivity index (χ2v) is 9.12. The van der Waals surface area contributed by atoms with Crippen molar-refractivity contribution in [3.63, 3.8) is 0 Å². The summed E-state index contributed by atoms with van der Waals surface area (Å²) >= 11 is 1.57. The summed E-state index contributed by atoms with van der Waals surface area (Å²) < 4.78 is 0. The quantitative estimate of drug-likeness (QED) is 0.570. The lowest BCUT2D eigenvalue weighted by Gasteiger charge is -2.32. The van der Waals surface area contributed by atoms with Crippen molar-refractivity contribution < 1.29 is 9.59 Å². The first-order valence-corrected chi connectivity index (χ1v) is 9.55. The van der Waals surface area contributed by atoms with Gasteiger partial charge < -0.3 is 0 Å². The lowest BCUT2D eigenvalue weighted by molar-refractivity contribution is -0.121. The van der Waals surface area contributed by atoms with Crippen LogP contribution in [0.25, 0.3) is 0 Å². The Hall–Kier alpha value is -1.23. The van der Waals surface area contributed by atoms with Gasteiger partial charge in [0.05, 0.1) is 10.9 Å². The molecule has 1 aliphatic heterocycles. The number of thioether (sulfide) groups is 1. The second-order valence-electron chi connectivity index (χ2n) is 7.34. The summed E-state index contributed by atoms with van der Waals surface area (Å²) in [6.45, 7) is 12.8. The molecule has 0 saturated carbocycles. The minimum absolute atomic E-state index is 0.0162. The van der Waals surface area contributed by atoms with Gasteiger partial charge in [0.1, 0.15) is 7.28 Å². The van der Waals surface area contributed by atoms with Crippen molar-refractivity contribution in [3.8, 4) is 0 Å². The summed E-state index contributed by atoms with van der Waals surface area (Å²) in [5.74, 6) is 0.256. The normalized spacial score (nSPS) is 20.0. The highest BCUT2D eigenvalue weighted by molar-refractivity contribution is 8.01. The van der Waals surface area contributed by atoms with E-state index in [9.17, 15) is 9.59 Å². The molecule has 1 saturated heterocycles. The van der Waals surface area contributed by atoms with Crippen LogP contribution in [0.4, 0.5) is 5.69 Å². The van der Waals surface area contributed by atoms with Gasteiger partial charge in [0.15, 0.2) is 0 Å². The molecule has 129 valence electrons. The summed E-state index contributed by atoms with van der Waals surface area (Å²) in [4.78, 5) is 26.2. The van der Waals surface area contributed by atoms with Gasteiger partial charge in [-0.2, -0.15) is 0 Å². The van der Waals surface area contributed by atoms with Crippen molar-refractivity contribution in [2.75, 3.05) is 4.90 Å². The highest BCUT2D eigenvalue weighted by atomic mass is 32.2. The number of hydrogen-bond donors (Lipinski definition) is 0. The summed E-state index contributed by atoms with van der Waals surface area (Å²) in [5.41, 5.74) is 1.91. The second kappa shape index (κ2) is 7.34. The van der Waals surface area contributed by atoms with Crippen LogP contribution in [0.3, 0.4) is 0 Å².